The first-order valence-electron chi connectivity index (χ1n) is 8.70. The fourth-order valence-corrected chi connectivity index (χ4v) is 2.82. The first-order valence-corrected chi connectivity index (χ1v) is 8.70. The zero-order valence-corrected chi connectivity index (χ0v) is 15.7. The molecule has 26 heavy (non-hydrogen) atoms. The quantitative estimate of drug-likeness (QED) is 0.679. The lowest BCUT2D eigenvalue weighted by molar-refractivity contribution is 0.415. The highest BCUT2D eigenvalue weighted by Crippen LogP contribution is 2.26. The second-order valence-electron chi connectivity index (χ2n) is 6.13. The summed E-state index contributed by atoms with van der Waals surface area (Å²) in [6, 6.07) is 18.1. The van der Waals surface area contributed by atoms with E-state index in [1.807, 2.05) is 37.3 Å². The maximum Gasteiger partial charge on any atom is 0.232 e. The molecular formula is C21H24N4O. The van der Waals surface area contributed by atoms with Gasteiger partial charge in [0.2, 0.25) is 5.95 Å². The fraction of sp³-hybridized carbons (Fsp3) is 0.238. The summed E-state index contributed by atoms with van der Waals surface area (Å²) >= 11 is 0. The van der Waals surface area contributed by atoms with Crippen molar-refractivity contribution in [2.45, 2.75) is 20.8 Å². The maximum absolute atomic E-state index is 5.28. The molecule has 0 atom stereocenters. The first kappa shape index (κ1) is 17.7. The van der Waals surface area contributed by atoms with E-state index >= 15 is 0 Å². The Labute approximate surface area is 154 Å². The predicted octanol–water partition coefficient (Wildman–Crippen LogP) is 5.00. The second-order valence-corrected chi connectivity index (χ2v) is 6.13. The van der Waals surface area contributed by atoms with Crippen molar-refractivity contribution in [2.24, 2.45) is 0 Å². The van der Waals surface area contributed by atoms with Crippen molar-refractivity contribution in [3.05, 3.63) is 65.9 Å². The van der Waals surface area contributed by atoms with E-state index < -0.39 is 0 Å². The van der Waals surface area contributed by atoms with Crippen molar-refractivity contribution in [3.8, 4) is 5.75 Å². The van der Waals surface area contributed by atoms with E-state index in [2.05, 4.69) is 53.3 Å². The molecule has 3 rings (SSSR count). The van der Waals surface area contributed by atoms with Crippen LogP contribution in [0.5, 0.6) is 5.75 Å². The molecule has 0 saturated carbocycles. The molecule has 2 aromatic carbocycles. The Morgan fingerprint density at radius 3 is 2.54 bits per heavy atom. The lowest BCUT2D eigenvalue weighted by Crippen LogP contribution is -2.19. The van der Waals surface area contributed by atoms with Gasteiger partial charge >= 0.3 is 0 Å². The van der Waals surface area contributed by atoms with Crippen LogP contribution in [0.1, 0.15) is 18.2 Å². The first-order chi connectivity index (χ1) is 12.6. The lowest BCUT2D eigenvalue weighted by atomic mass is 10.2. The number of benzene rings is 2. The van der Waals surface area contributed by atoms with Crippen LogP contribution >= 0.6 is 0 Å². The molecule has 0 radical (unpaired) electrons. The van der Waals surface area contributed by atoms with Crippen LogP contribution in [0.4, 0.5) is 23.1 Å². The minimum atomic E-state index is 0.684. The number of ether oxygens (including phenoxy) is 1. The van der Waals surface area contributed by atoms with Crippen molar-refractivity contribution in [1.29, 1.82) is 0 Å². The molecule has 0 fully saturated rings. The van der Waals surface area contributed by atoms with Crippen LogP contribution in [0, 0.1) is 13.8 Å². The largest absolute Gasteiger partial charge is 0.497 e. The predicted molar refractivity (Wildman–Crippen MR) is 107 cm³/mol. The Morgan fingerprint density at radius 1 is 1.00 bits per heavy atom. The monoisotopic (exact) mass is 348 g/mol. The molecule has 0 saturated heterocycles. The van der Waals surface area contributed by atoms with Crippen LogP contribution in [-0.2, 0) is 0 Å². The Balaban J connectivity index is 1.93. The number of methoxy groups -OCH3 is 1. The van der Waals surface area contributed by atoms with Gasteiger partial charge in [-0.25, -0.2) is 4.98 Å². The summed E-state index contributed by atoms with van der Waals surface area (Å²) in [7, 11) is 1.66. The molecule has 0 bridgehead atoms. The highest BCUT2D eigenvalue weighted by Gasteiger charge is 2.12. The molecule has 0 aliphatic heterocycles. The van der Waals surface area contributed by atoms with Crippen molar-refractivity contribution < 1.29 is 4.74 Å². The third-order valence-electron chi connectivity index (χ3n) is 4.06. The molecule has 1 aromatic heterocycles. The highest BCUT2D eigenvalue weighted by molar-refractivity contribution is 5.63. The summed E-state index contributed by atoms with van der Waals surface area (Å²) in [5.74, 6) is 2.24. The van der Waals surface area contributed by atoms with Gasteiger partial charge in [-0.05, 0) is 50.6 Å². The van der Waals surface area contributed by atoms with Gasteiger partial charge in [-0.1, -0.05) is 18.2 Å². The van der Waals surface area contributed by atoms with Gasteiger partial charge in [0.25, 0.3) is 0 Å². The molecule has 5 nitrogen and oxygen atoms in total. The highest BCUT2D eigenvalue weighted by atomic mass is 16.5. The van der Waals surface area contributed by atoms with Crippen LogP contribution in [0.2, 0.25) is 0 Å². The number of nitrogens with zero attached hydrogens (tertiary/aromatic N) is 3. The topological polar surface area (TPSA) is 50.3 Å². The SMILES string of the molecule is CCN(c1cccc(C)c1)c1nc(C)cc(Nc2cccc(OC)c2)n1. The summed E-state index contributed by atoms with van der Waals surface area (Å²) in [6.07, 6.45) is 0. The molecule has 0 spiro atoms. The average molecular weight is 348 g/mol. The van der Waals surface area contributed by atoms with E-state index in [0.717, 1.165) is 35.2 Å². The van der Waals surface area contributed by atoms with E-state index in [1.165, 1.54) is 5.56 Å². The van der Waals surface area contributed by atoms with Crippen LogP contribution in [0.25, 0.3) is 0 Å². The summed E-state index contributed by atoms with van der Waals surface area (Å²) in [4.78, 5) is 11.5. The van der Waals surface area contributed by atoms with E-state index in [1.54, 1.807) is 7.11 Å². The normalized spacial score (nSPS) is 10.5. The number of anilines is 4. The minimum Gasteiger partial charge on any atom is -0.497 e. The lowest BCUT2D eigenvalue weighted by Gasteiger charge is -2.22. The number of nitrogens with one attached hydrogen (secondary N) is 1. The molecule has 0 unspecified atom stereocenters. The van der Waals surface area contributed by atoms with Crippen molar-refractivity contribution in [2.75, 3.05) is 23.9 Å². The zero-order chi connectivity index (χ0) is 18.5. The number of hydrogen-bond donors (Lipinski definition) is 1. The number of rotatable bonds is 6. The Kier molecular flexibility index (Phi) is 5.37. The van der Waals surface area contributed by atoms with Gasteiger partial charge in [0.05, 0.1) is 7.11 Å². The van der Waals surface area contributed by atoms with Crippen LogP contribution in [0.15, 0.2) is 54.6 Å². The van der Waals surface area contributed by atoms with E-state index in [4.69, 9.17) is 9.72 Å². The van der Waals surface area contributed by atoms with Gasteiger partial charge in [-0.15, -0.1) is 0 Å². The Hall–Kier alpha value is -3.08. The molecule has 5 heteroatoms. The molecule has 3 aromatic rings. The van der Waals surface area contributed by atoms with E-state index in [9.17, 15) is 0 Å². The van der Waals surface area contributed by atoms with Gasteiger partial charge in [0.15, 0.2) is 0 Å². The van der Waals surface area contributed by atoms with Crippen molar-refractivity contribution >= 4 is 23.1 Å². The fourth-order valence-electron chi connectivity index (χ4n) is 2.82. The number of aromatic nitrogens is 2. The smallest absolute Gasteiger partial charge is 0.232 e. The van der Waals surface area contributed by atoms with Gasteiger partial charge < -0.3 is 15.0 Å². The number of hydrogen-bond acceptors (Lipinski definition) is 5. The van der Waals surface area contributed by atoms with Gasteiger partial charge in [-0.2, -0.15) is 4.98 Å². The summed E-state index contributed by atoms with van der Waals surface area (Å²) in [5.41, 5.74) is 4.13. The summed E-state index contributed by atoms with van der Waals surface area (Å²) in [6.45, 7) is 6.95. The van der Waals surface area contributed by atoms with Crippen LogP contribution in [-0.4, -0.2) is 23.6 Å². The Bertz CT molecular complexity index is 895. The Morgan fingerprint density at radius 2 is 1.81 bits per heavy atom. The van der Waals surface area contributed by atoms with Crippen molar-refractivity contribution in [1.82, 2.24) is 9.97 Å². The molecule has 1 heterocycles. The summed E-state index contributed by atoms with van der Waals surface area (Å²) < 4.78 is 5.28. The summed E-state index contributed by atoms with van der Waals surface area (Å²) in [5, 5.41) is 3.34. The molecular weight excluding hydrogens is 324 g/mol. The van der Waals surface area contributed by atoms with Crippen molar-refractivity contribution in [3.63, 3.8) is 0 Å². The molecule has 0 aliphatic rings. The average Bonchev–Trinajstić information content (AvgIpc) is 2.62. The van der Waals surface area contributed by atoms with Crippen LogP contribution in [0.3, 0.4) is 0 Å². The van der Waals surface area contributed by atoms with Gasteiger partial charge in [-0.3, -0.25) is 0 Å². The molecule has 0 amide bonds. The zero-order valence-electron chi connectivity index (χ0n) is 15.7. The molecule has 0 aliphatic carbocycles. The van der Waals surface area contributed by atoms with Gasteiger partial charge in [0, 0.05) is 35.7 Å². The van der Waals surface area contributed by atoms with E-state index in [-0.39, 0.29) is 0 Å². The standard InChI is InChI=1S/C21H24N4O/c1-5-25(18-10-6-8-15(2)12-18)21-22-16(3)13-20(24-21)23-17-9-7-11-19(14-17)26-4/h6-14H,5H2,1-4H3,(H,22,23,24). The third kappa shape index (κ3) is 4.11. The third-order valence-corrected chi connectivity index (χ3v) is 4.06. The number of aryl methyl sites for hydroxylation is 2. The van der Waals surface area contributed by atoms with E-state index in [0.29, 0.717) is 5.95 Å². The second kappa shape index (κ2) is 7.87. The molecule has 134 valence electrons. The van der Waals surface area contributed by atoms with Crippen LogP contribution < -0.4 is 15.0 Å². The molecule has 1 N–H and O–H groups in total. The maximum atomic E-state index is 5.28. The van der Waals surface area contributed by atoms with Gasteiger partial charge in [0.1, 0.15) is 11.6 Å². The minimum absolute atomic E-state index is 0.684.